The molecule has 60 heavy (non-hydrogen) atoms. The molecule has 4 aliphatic rings. The van der Waals surface area contributed by atoms with Crippen LogP contribution in [0.2, 0.25) is 0 Å². The summed E-state index contributed by atoms with van der Waals surface area (Å²) in [4.78, 5) is 48.5. The number of para-hydroxylation sites is 1. The Balaban J connectivity index is 0.000000285. The number of hydrazone groups is 1. The molecule has 12 heteroatoms. The van der Waals surface area contributed by atoms with E-state index in [9.17, 15) is 14.4 Å². The van der Waals surface area contributed by atoms with Crippen molar-refractivity contribution in [1.29, 1.82) is 0 Å². The number of amides is 2. The summed E-state index contributed by atoms with van der Waals surface area (Å²) in [5, 5.41) is 6.78. The summed E-state index contributed by atoms with van der Waals surface area (Å²) in [6.45, 7) is 21.2. The molecule has 0 bridgehead atoms. The van der Waals surface area contributed by atoms with Crippen LogP contribution in [-0.2, 0) is 16.1 Å². The SMILES string of the molecule is C=C.CN/N=C(\C)c1ccc(Oc2ccccc2)cc1.CNC(=O)C(CCC=O)N1Cc2cc(N3CCN(CCN4CCC(CN5CCCCC5)CC4)CC3)ccc2C1=O. The number of anilines is 1. The van der Waals surface area contributed by atoms with Gasteiger partial charge in [-0.3, -0.25) is 14.5 Å². The van der Waals surface area contributed by atoms with Gasteiger partial charge in [-0.25, -0.2) is 0 Å². The molecule has 2 amide bonds. The second-order valence-corrected chi connectivity index (χ2v) is 16.0. The molecule has 0 spiro atoms. The summed E-state index contributed by atoms with van der Waals surface area (Å²) in [6, 6.07) is 23.1. The zero-order chi connectivity index (χ0) is 42.7. The molecule has 0 aliphatic carbocycles. The topological polar surface area (TPSA) is 113 Å². The number of ether oxygens (including phenoxy) is 1. The number of carbonyl (C=O) groups excluding carboxylic acids is 3. The Hall–Kier alpha value is -5.04. The normalized spacial score (nSPS) is 18.3. The molecular weight excluding hydrogens is 753 g/mol. The van der Waals surface area contributed by atoms with Crippen molar-refractivity contribution >= 4 is 29.5 Å². The molecule has 3 aromatic carbocycles. The fraction of sp³-hybridized carbons (Fsp3) is 0.500. The number of aldehydes is 1. The van der Waals surface area contributed by atoms with Crippen molar-refractivity contribution in [2.45, 2.75) is 64.5 Å². The number of benzene rings is 3. The van der Waals surface area contributed by atoms with Crippen molar-refractivity contribution in [3.8, 4) is 11.5 Å². The third-order valence-electron chi connectivity index (χ3n) is 12.1. The molecule has 7 rings (SSSR count). The molecule has 324 valence electrons. The van der Waals surface area contributed by atoms with E-state index in [-0.39, 0.29) is 18.2 Å². The van der Waals surface area contributed by atoms with Crippen LogP contribution in [0.1, 0.15) is 73.4 Å². The van der Waals surface area contributed by atoms with E-state index in [1.54, 1.807) is 19.0 Å². The number of likely N-dealkylation sites (tertiary alicyclic amines) is 2. The number of hydrogen-bond donors (Lipinski definition) is 2. The zero-order valence-corrected chi connectivity index (χ0v) is 36.3. The van der Waals surface area contributed by atoms with Crippen molar-refractivity contribution in [1.82, 2.24) is 30.3 Å². The van der Waals surface area contributed by atoms with Gasteiger partial charge in [-0.05, 0) is 137 Å². The average molecular weight is 821 g/mol. The number of likely N-dealkylation sites (N-methyl/N-ethyl adjacent to an activating group) is 1. The summed E-state index contributed by atoms with van der Waals surface area (Å²) in [5.41, 5.74) is 7.58. The lowest BCUT2D eigenvalue weighted by Crippen LogP contribution is -2.49. The van der Waals surface area contributed by atoms with Crippen LogP contribution in [0.15, 0.2) is 91.1 Å². The Morgan fingerprint density at radius 1 is 0.833 bits per heavy atom. The zero-order valence-electron chi connectivity index (χ0n) is 36.3. The molecule has 3 fully saturated rings. The summed E-state index contributed by atoms with van der Waals surface area (Å²) < 4.78 is 5.72. The van der Waals surface area contributed by atoms with Gasteiger partial charge in [0.05, 0.1) is 5.71 Å². The maximum Gasteiger partial charge on any atom is 0.255 e. The minimum absolute atomic E-state index is 0.124. The van der Waals surface area contributed by atoms with Gasteiger partial charge in [-0.2, -0.15) is 5.10 Å². The van der Waals surface area contributed by atoms with Gasteiger partial charge in [0, 0.05) is 84.1 Å². The van der Waals surface area contributed by atoms with Crippen LogP contribution >= 0.6 is 0 Å². The van der Waals surface area contributed by atoms with Crippen LogP contribution in [0.4, 0.5) is 5.69 Å². The molecule has 0 radical (unpaired) electrons. The van der Waals surface area contributed by atoms with Gasteiger partial charge in [-0.1, -0.05) is 24.6 Å². The minimum atomic E-state index is -0.623. The quantitative estimate of drug-likeness (QED) is 0.0793. The van der Waals surface area contributed by atoms with Crippen LogP contribution in [0, 0.1) is 5.92 Å². The maximum absolute atomic E-state index is 13.1. The van der Waals surface area contributed by atoms with Gasteiger partial charge in [0.25, 0.3) is 5.91 Å². The number of piperidine rings is 2. The van der Waals surface area contributed by atoms with E-state index in [1.807, 2.05) is 73.7 Å². The van der Waals surface area contributed by atoms with E-state index in [1.165, 1.54) is 71.4 Å². The third-order valence-corrected chi connectivity index (χ3v) is 12.1. The van der Waals surface area contributed by atoms with Crippen LogP contribution in [0.3, 0.4) is 0 Å². The number of rotatable bonds is 15. The molecule has 1 atom stereocenters. The molecular formula is C48H68N8O4. The molecule has 4 aliphatic heterocycles. The first-order chi connectivity index (χ1) is 29.3. The second-order valence-electron chi connectivity index (χ2n) is 16.0. The highest BCUT2D eigenvalue weighted by Gasteiger charge is 2.36. The number of piperazine rings is 1. The predicted octanol–water partition coefficient (Wildman–Crippen LogP) is 6.28. The molecule has 1 unspecified atom stereocenters. The highest BCUT2D eigenvalue weighted by Crippen LogP contribution is 2.30. The maximum atomic E-state index is 13.1. The van der Waals surface area contributed by atoms with Crippen molar-refractivity contribution in [3.05, 3.63) is 103 Å². The monoisotopic (exact) mass is 821 g/mol. The van der Waals surface area contributed by atoms with Crippen LogP contribution < -0.4 is 20.4 Å². The Morgan fingerprint density at radius 3 is 2.12 bits per heavy atom. The lowest BCUT2D eigenvalue weighted by molar-refractivity contribution is -0.125. The van der Waals surface area contributed by atoms with Crippen LogP contribution in [0.5, 0.6) is 11.5 Å². The molecule has 4 heterocycles. The van der Waals surface area contributed by atoms with Gasteiger partial charge in [-0.15, -0.1) is 13.2 Å². The predicted molar refractivity (Wildman–Crippen MR) is 243 cm³/mol. The summed E-state index contributed by atoms with van der Waals surface area (Å²) in [6.07, 6.45) is 8.30. The minimum Gasteiger partial charge on any atom is -0.457 e. The number of fused-ring (bicyclic) bond motifs is 1. The van der Waals surface area contributed by atoms with E-state index in [0.717, 1.165) is 79.0 Å². The Labute approximate surface area is 358 Å². The standard InChI is InChI=1S/C31H48N6O3.C15H16N2O.C2H4/c1-32-30(39)29(6-5-21-38)37-24-26-22-27(7-8-28(26)31(37)40)36-19-17-34(18-20-36)16-15-33-13-9-25(10-14-33)23-35-11-3-2-4-12-35;1-12(17-16-2)13-8-10-15(11-9-13)18-14-6-4-3-5-7-14;1-2/h7-8,21-22,25,29H,2-6,9-20,23-24H2,1H3,(H,32,39);3-11,16H,1-2H3;1-2H2/b;17-12+;. The van der Waals surface area contributed by atoms with E-state index in [2.05, 4.69) is 54.7 Å². The Morgan fingerprint density at radius 2 is 1.48 bits per heavy atom. The summed E-state index contributed by atoms with van der Waals surface area (Å²) in [7, 11) is 3.36. The first kappa shape index (κ1) is 46.0. The lowest BCUT2D eigenvalue weighted by atomic mass is 9.95. The van der Waals surface area contributed by atoms with Gasteiger partial charge in [0.15, 0.2) is 0 Å². The first-order valence-corrected chi connectivity index (χ1v) is 21.9. The fourth-order valence-electron chi connectivity index (χ4n) is 8.63. The highest BCUT2D eigenvalue weighted by atomic mass is 16.5. The summed E-state index contributed by atoms with van der Waals surface area (Å²) in [5.74, 6) is 2.20. The fourth-order valence-corrected chi connectivity index (χ4v) is 8.63. The molecule has 2 N–H and O–H groups in total. The number of nitrogens with zero attached hydrogens (tertiary/aromatic N) is 6. The van der Waals surface area contributed by atoms with Crippen LogP contribution in [0.25, 0.3) is 0 Å². The molecule has 12 nitrogen and oxygen atoms in total. The molecule has 3 saturated heterocycles. The second kappa shape index (κ2) is 24.3. The summed E-state index contributed by atoms with van der Waals surface area (Å²) >= 11 is 0. The van der Waals surface area contributed by atoms with Crippen LogP contribution in [-0.4, -0.2) is 136 Å². The van der Waals surface area contributed by atoms with Gasteiger partial charge in [0.1, 0.15) is 23.8 Å². The Bertz CT molecular complexity index is 1800. The number of carbonyl (C=O) groups is 3. The van der Waals surface area contributed by atoms with E-state index in [4.69, 9.17) is 4.74 Å². The smallest absolute Gasteiger partial charge is 0.255 e. The van der Waals surface area contributed by atoms with Crippen molar-refractivity contribution in [2.75, 3.05) is 91.0 Å². The number of nitrogens with one attached hydrogen (secondary N) is 2. The van der Waals surface area contributed by atoms with E-state index < -0.39 is 6.04 Å². The molecule has 3 aromatic rings. The van der Waals surface area contributed by atoms with Gasteiger partial charge in [0.2, 0.25) is 5.91 Å². The van der Waals surface area contributed by atoms with Crippen molar-refractivity contribution in [2.24, 2.45) is 11.0 Å². The van der Waals surface area contributed by atoms with Crippen molar-refractivity contribution < 1.29 is 19.1 Å². The lowest BCUT2D eigenvalue weighted by Gasteiger charge is -2.39. The van der Waals surface area contributed by atoms with E-state index >= 15 is 0 Å². The first-order valence-electron chi connectivity index (χ1n) is 21.9. The Kier molecular flexibility index (Phi) is 18.6. The van der Waals surface area contributed by atoms with Gasteiger partial charge < -0.3 is 39.9 Å². The molecule has 0 saturated carbocycles. The average Bonchev–Trinajstić information content (AvgIpc) is 3.62. The third kappa shape index (κ3) is 13.2. The molecule has 0 aromatic heterocycles. The van der Waals surface area contributed by atoms with Gasteiger partial charge >= 0.3 is 0 Å². The number of hydrogen-bond acceptors (Lipinski definition) is 10. The highest BCUT2D eigenvalue weighted by molar-refractivity contribution is 6.01. The van der Waals surface area contributed by atoms with E-state index in [0.29, 0.717) is 18.5 Å². The largest absolute Gasteiger partial charge is 0.457 e. The van der Waals surface area contributed by atoms with Crippen molar-refractivity contribution in [3.63, 3.8) is 0 Å².